The Labute approximate surface area is 116 Å². The summed E-state index contributed by atoms with van der Waals surface area (Å²) in [6, 6.07) is 2.96. The van der Waals surface area contributed by atoms with Crippen molar-refractivity contribution in [1.82, 2.24) is 20.0 Å². The first kappa shape index (κ1) is 13.0. The third kappa shape index (κ3) is 2.36. The maximum Gasteiger partial charge on any atom is 0.245 e. The molecule has 0 unspecified atom stereocenters. The van der Waals surface area contributed by atoms with E-state index in [4.69, 9.17) is 4.52 Å². The van der Waals surface area contributed by atoms with Gasteiger partial charge in [-0.25, -0.2) is 9.37 Å². The molecule has 0 saturated carbocycles. The smallest absolute Gasteiger partial charge is 0.245 e. The van der Waals surface area contributed by atoms with Gasteiger partial charge >= 0.3 is 0 Å². The summed E-state index contributed by atoms with van der Waals surface area (Å²) < 4.78 is 19.1. The maximum atomic E-state index is 13.8. The molecule has 0 amide bonds. The third-order valence-electron chi connectivity index (χ3n) is 3.51. The molecular formula is C13H16FN5O. The van der Waals surface area contributed by atoms with Gasteiger partial charge in [-0.3, -0.25) is 4.90 Å². The average Bonchev–Trinajstić information content (AvgIpc) is 2.87. The largest absolute Gasteiger partial charge is 0.351 e. The summed E-state index contributed by atoms with van der Waals surface area (Å²) in [7, 11) is 2.00. The summed E-state index contributed by atoms with van der Waals surface area (Å²) in [6.45, 7) is 3.86. The molecule has 2 aromatic rings. The van der Waals surface area contributed by atoms with E-state index in [1.165, 1.54) is 6.07 Å². The maximum absolute atomic E-state index is 13.8. The van der Waals surface area contributed by atoms with Gasteiger partial charge in [0.2, 0.25) is 5.89 Å². The van der Waals surface area contributed by atoms with Crippen LogP contribution in [0.1, 0.15) is 17.8 Å². The zero-order chi connectivity index (χ0) is 14.1. The van der Waals surface area contributed by atoms with Gasteiger partial charge in [-0.1, -0.05) is 5.16 Å². The summed E-state index contributed by atoms with van der Waals surface area (Å²) in [6.07, 6.45) is 1.60. The van der Waals surface area contributed by atoms with E-state index >= 15 is 0 Å². The van der Waals surface area contributed by atoms with E-state index in [1.807, 2.05) is 11.9 Å². The van der Waals surface area contributed by atoms with Gasteiger partial charge in [0.05, 0.1) is 0 Å². The predicted octanol–water partition coefficient (Wildman–Crippen LogP) is 1.41. The normalized spacial score (nSPS) is 20.4. The highest BCUT2D eigenvalue weighted by molar-refractivity contribution is 5.40. The van der Waals surface area contributed by atoms with Crippen molar-refractivity contribution < 1.29 is 8.91 Å². The van der Waals surface area contributed by atoms with Crippen LogP contribution in [0.3, 0.4) is 0 Å². The van der Waals surface area contributed by atoms with Gasteiger partial charge in [0.1, 0.15) is 6.04 Å². The van der Waals surface area contributed by atoms with Crippen LogP contribution < -0.4 is 4.90 Å². The second kappa shape index (κ2) is 5.16. The molecule has 20 heavy (non-hydrogen) atoms. The molecule has 0 radical (unpaired) electrons. The van der Waals surface area contributed by atoms with Crippen LogP contribution in [0.2, 0.25) is 0 Å². The Morgan fingerprint density at radius 3 is 2.95 bits per heavy atom. The number of halogens is 1. The Kier molecular flexibility index (Phi) is 3.35. The lowest BCUT2D eigenvalue weighted by molar-refractivity contribution is 0.177. The minimum atomic E-state index is -0.308. The van der Waals surface area contributed by atoms with Crippen LogP contribution in [-0.4, -0.2) is 46.7 Å². The zero-order valence-corrected chi connectivity index (χ0v) is 11.5. The molecule has 106 valence electrons. The van der Waals surface area contributed by atoms with E-state index in [0.717, 1.165) is 6.54 Å². The van der Waals surface area contributed by atoms with Crippen molar-refractivity contribution >= 4 is 5.82 Å². The fraction of sp³-hybridized carbons (Fsp3) is 0.462. The zero-order valence-electron chi connectivity index (χ0n) is 11.5. The van der Waals surface area contributed by atoms with E-state index in [9.17, 15) is 4.39 Å². The molecule has 7 heteroatoms. The van der Waals surface area contributed by atoms with Gasteiger partial charge in [0.15, 0.2) is 17.5 Å². The van der Waals surface area contributed by atoms with Crippen molar-refractivity contribution in [3.8, 4) is 0 Å². The van der Waals surface area contributed by atoms with Crippen LogP contribution in [0.15, 0.2) is 22.9 Å². The second-order valence-corrected chi connectivity index (χ2v) is 4.93. The number of hydrogen-bond donors (Lipinski definition) is 0. The van der Waals surface area contributed by atoms with Crippen molar-refractivity contribution in [2.24, 2.45) is 0 Å². The quantitative estimate of drug-likeness (QED) is 0.827. The standard InChI is InChI=1S/C13H16FN5O/c1-9-16-13(20-17-9)11-8-19(7-6-18(11)2)12-10(14)4-3-5-15-12/h3-5,11H,6-8H2,1-2H3/t11-/m0/s1. The van der Waals surface area contributed by atoms with Crippen LogP contribution in [0.4, 0.5) is 10.2 Å². The number of rotatable bonds is 2. The van der Waals surface area contributed by atoms with Crippen molar-refractivity contribution in [3.05, 3.63) is 35.9 Å². The average molecular weight is 277 g/mol. The van der Waals surface area contributed by atoms with Crippen LogP contribution in [-0.2, 0) is 0 Å². The van der Waals surface area contributed by atoms with Crippen molar-refractivity contribution in [3.63, 3.8) is 0 Å². The van der Waals surface area contributed by atoms with Gasteiger partial charge in [-0.15, -0.1) is 0 Å². The van der Waals surface area contributed by atoms with Crippen LogP contribution in [0.25, 0.3) is 0 Å². The highest BCUT2D eigenvalue weighted by Gasteiger charge is 2.31. The van der Waals surface area contributed by atoms with Gasteiger partial charge < -0.3 is 9.42 Å². The minimum Gasteiger partial charge on any atom is -0.351 e. The molecule has 0 aliphatic carbocycles. The van der Waals surface area contributed by atoms with Gasteiger partial charge in [0.25, 0.3) is 0 Å². The minimum absolute atomic E-state index is 0.0497. The van der Waals surface area contributed by atoms with Crippen LogP contribution in [0.5, 0.6) is 0 Å². The number of hydrogen-bond acceptors (Lipinski definition) is 6. The molecule has 0 spiro atoms. The number of aryl methyl sites for hydroxylation is 1. The summed E-state index contributed by atoms with van der Waals surface area (Å²) >= 11 is 0. The van der Waals surface area contributed by atoms with E-state index in [2.05, 4.69) is 20.0 Å². The summed E-state index contributed by atoms with van der Waals surface area (Å²) in [5.41, 5.74) is 0. The number of nitrogens with zero attached hydrogens (tertiary/aromatic N) is 5. The van der Waals surface area contributed by atoms with Gasteiger partial charge in [-0.05, 0) is 26.1 Å². The molecule has 1 fully saturated rings. The van der Waals surface area contributed by atoms with E-state index in [0.29, 0.717) is 30.6 Å². The third-order valence-corrected chi connectivity index (χ3v) is 3.51. The summed E-state index contributed by atoms with van der Waals surface area (Å²) in [4.78, 5) is 12.4. The molecular weight excluding hydrogens is 261 g/mol. The Hall–Kier alpha value is -2.02. The van der Waals surface area contributed by atoms with Gasteiger partial charge in [0, 0.05) is 25.8 Å². The molecule has 3 rings (SSSR count). The lowest BCUT2D eigenvalue weighted by Crippen LogP contribution is -2.47. The van der Waals surface area contributed by atoms with Crippen molar-refractivity contribution in [2.45, 2.75) is 13.0 Å². The van der Waals surface area contributed by atoms with E-state index < -0.39 is 0 Å². The molecule has 0 N–H and O–H groups in total. The summed E-state index contributed by atoms with van der Waals surface area (Å²) in [5, 5.41) is 3.82. The number of aromatic nitrogens is 3. The molecule has 2 aromatic heterocycles. The SMILES string of the molecule is Cc1noc([C@@H]2CN(c3ncccc3F)CCN2C)n1. The second-order valence-electron chi connectivity index (χ2n) is 4.93. The van der Waals surface area contributed by atoms with Crippen molar-refractivity contribution in [1.29, 1.82) is 0 Å². The molecule has 0 aromatic carbocycles. The number of anilines is 1. The first-order valence-electron chi connectivity index (χ1n) is 6.51. The molecule has 3 heterocycles. The number of pyridine rings is 1. The predicted molar refractivity (Wildman–Crippen MR) is 70.8 cm³/mol. The van der Waals surface area contributed by atoms with Crippen molar-refractivity contribution in [2.75, 3.05) is 31.6 Å². The van der Waals surface area contributed by atoms with E-state index in [-0.39, 0.29) is 11.9 Å². The fourth-order valence-corrected chi connectivity index (χ4v) is 2.39. The Bertz CT molecular complexity index is 602. The van der Waals surface area contributed by atoms with E-state index in [1.54, 1.807) is 19.2 Å². The Morgan fingerprint density at radius 1 is 1.40 bits per heavy atom. The first-order valence-corrected chi connectivity index (χ1v) is 6.51. The lowest BCUT2D eigenvalue weighted by Gasteiger charge is -2.38. The highest BCUT2D eigenvalue weighted by atomic mass is 19.1. The molecule has 1 aliphatic heterocycles. The number of likely N-dealkylation sites (N-methyl/N-ethyl adjacent to an activating group) is 1. The van der Waals surface area contributed by atoms with Crippen LogP contribution in [0, 0.1) is 12.7 Å². The first-order chi connectivity index (χ1) is 9.65. The van der Waals surface area contributed by atoms with Crippen LogP contribution >= 0.6 is 0 Å². The Morgan fingerprint density at radius 2 is 2.25 bits per heavy atom. The van der Waals surface area contributed by atoms with Gasteiger partial charge in [-0.2, -0.15) is 4.98 Å². The lowest BCUT2D eigenvalue weighted by atomic mass is 10.1. The monoisotopic (exact) mass is 277 g/mol. The number of piperazine rings is 1. The molecule has 6 nitrogen and oxygen atoms in total. The molecule has 0 bridgehead atoms. The topological polar surface area (TPSA) is 58.3 Å². The fourth-order valence-electron chi connectivity index (χ4n) is 2.39. The Balaban J connectivity index is 1.85. The highest BCUT2D eigenvalue weighted by Crippen LogP contribution is 2.26. The molecule has 1 saturated heterocycles. The molecule has 1 aliphatic rings. The molecule has 1 atom stereocenters. The summed E-state index contributed by atoms with van der Waals surface area (Å²) in [5.74, 6) is 1.24.